The summed E-state index contributed by atoms with van der Waals surface area (Å²) in [6, 6.07) is -0.974. The third-order valence-corrected chi connectivity index (χ3v) is 3.41. The van der Waals surface area contributed by atoms with Crippen LogP contribution in [0.4, 0.5) is 4.79 Å². The van der Waals surface area contributed by atoms with Crippen molar-refractivity contribution < 1.29 is 19.5 Å². The van der Waals surface area contributed by atoms with Gasteiger partial charge in [0, 0.05) is 13.1 Å². The summed E-state index contributed by atoms with van der Waals surface area (Å²) in [6.45, 7) is 0.993. The molecule has 2 N–H and O–H groups in total. The van der Waals surface area contributed by atoms with Gasteiger partial charge >= 0.3 is 6.03 Å². The van der Waals surface area contributed by atoms with Gasteiger partial charge in [-0.05, 0) is 7.05 Å². The minimum Gasteiger partial charge on any atom is -0.395 e. The number of aliphatic hydroxyl groups is 1. The summed E-state index contributed by atoms with van der Waals surface area (Å²) >= 11 is 0. The van der Waals surface area contributed by atoms with Gasteiger partial charge in [0.2, 0.25) is 5.91 Å². The monoisotopic (exact) mass is 270 g/mol. The standard InChI is InChI=1S/C11H18N4O4/c1-12-6-9(17)13-2-3-14-8(7-13)10(18)15(4-5-16)11(14)19/h8,12,16H,2-7H2,1H3. The van der Waals surface area contributed by atoms with Crippen LogP contribution < -0.4 is 5.32 Å². The summed E-state index contributed by atoms with van der Waals surface area (Å²) in [5.41, 5.74) is 0. The molecular weight excluding hydrogens is 252 g/mol. The number of likely N-dealkylation sites (N-methyl/N-ethyl adjacent to an activating group) is 1. The Morgan fingerprint density at radius 2 is 2.16 bits per heavy atom. The number of carbonyl (C=O) groups is 3. The minimum atomic E-state index is -0.603. The molecule has 0 aliphatic carbocycles. The second-order valence-corrected chi connectivity index (χ2v) is 4.58. The predicted octanol–water partition coefficient (Wildman–Crippen LogP) is -2.33. The number of β-amino-alcohol motifs (C(OH)–C–C–N with tert-alkyl or cyclic N) is 1. The van der Waals surface area contributed by atoms with Crippen molar-refractivity contribution in [1.29, 1.82) is 0 Å². The molecular formula is C11H18N4O4. The van der Waals surface area contributed by atoms with Gasteiger partial charge < -0.3 is 20.2 Å². The SMILES string of the molecule is CNCC(=O)N1CCN2C(=O)N(CCO)C(=O)C2C1. The predicted molar refractivity (Wildman–Crippen MR) is 65.2 cm³/mol. The molecule has 2 aliphatic heterocycles. The maximum absolute atomic E-state index is 12.1. The molecule has 1 unspecified atom stereocenters. The van der Waals surface area contributed by atoms with Crippen LogP contribution in [0.1, 0.15) is 0 Å². The van der Waals surface area contributed by atoms with Crippen LogP contribution in [0.2, 0.25) is 0 Å². The average Bonchev–Trinajstić information content (AvgIpc) is 2.64. The van der Waals surface area contributed by atoms with E-state index in [-0.39, 0.29) is 44.1 Å². The van der Waals surface area contributed by atoms with Crippen molar-refractivity contribution >= 4 is 17.8 Å². The Kier molecular flexibility index (Phi) is 4.01. The molecule has 2 fully saturated rings. The summed E-state index contributed by atoms with van der Waals surface area (Å²) in [5, 5.41) is 11.6. The number of rotatable bonds is 4. The Balaban J connectivity index is 2.06. The third kappa shape index (κ3) is 2.41. The highest BCUT2D eigenvalue weighted by Gasteiger charge is 2.47. The van der Waals surface area contributed by atoms with Gasteiger partial charge in [0.25, 0.3) is 5.91 Å². The van der Waals surface area contributed by atoms with Gasteiger partial charge in [-0.15, -0.1) is 0 Å². The molecule has 0 saturated carbocycles. The van der Waals surface area contributed by atoms with Crippen molar-refractivity contribution in [3.63, 3.8) is 0 Å². The molecule has 4 amide bonds. The van der Waals surface area contributed by atoms with Crippen LogP contribution in [0.25, 0.3) is 0 Å². The van der Waals surface area contributed by atoms with E-state index in [4.69, 9.17) is 5.11 Å². The number of urea groups is 1. The second kappa shape index (κ2) is 5.54. The van der Waals surface area contributed by atoms with Crippen LogP contribution in [0, 0.1) is 0 Å². The lowest BCUT2D eigenvalue weighted by Crippen LogP contribution is -2.55. The number of hydrogen-bond acceptors (Lipinski definition) is 5. The van der Waals surface area contributed by atoms with Gasteiger partial charge in [-0.25, -0.2) is 4.79 Å². The number of fused-ring (bicyclic) bond motifs is 1. The van der Waals surface area contributed by atoms with Crippen LogP contribution >= 0.6 is 0 Å². The minimum absolute atomic E-state index is 0.00906. The van der Waals surface area contributed by atoms with Crippen molar-refractivity contribution in [1.82, 2.24) is 20.0 Å². The number of amides is 4. The molecule has 0 aromatic heterocycles. The molecule has 0 aromatic rings. The molecule has 0 radical (unpaired) electrons. The number of aliphatic hydroxyl groups excluding tert-OH is 1. The largest absolute Gasteiger partial charge is 0.395 e. The van der Waals surface area contributed by atoms with Crippen molar-refractivity contribution in [2.24, 2.45) is 0 Å². The lowest BCUT2D eigenvalue weighted by atomic mass is 10.2. The molecule has 8 nitrogen and oxygen atoms in total. The van der Waals surface area contributed by atoms with E-state index < -0.39 is 6.04 Å². The smallest absolute Gasteiger partial charge is 0.327 e. The number of nitrogens with zero attached hydrogens (tertiary/aromatic N) is 3. The number of carbonyl (C=O) groups excluding carboxylic acids is 3. The van der Waals surface area contributed by atoms with E-state index in [1.807, 2.05) is 0 Å². The van der Waals surface area contributed by atoms with Crippen LogP contribution in [0.5, 0.6) is 0 Å². The lowest BCUT2D eigenvalue weighted by Gasteiger charge is -2.35. The summed E-state index contributed by atoms with van der Waals surface area (Å²) in [6.07, 6.45) is 0. The first-order valence-electron chi connectivity index (χ1n) is 6.25. The van der Waals surface area contributed by atoms with Crippen LogP contribution in [0.3, 0.4) is 0 Å². The Hall–Kier alpha value is -1.67. The summed E-state index contributed by atoms with van der Waals surface area (Å²) in [5.74, 6) is -0.413. The molecule has 2 aliphatic rings. The first-order chi connectivity index (χ1) is 9.10. The Morgan fingerprint density at radius 3 is 2.79 bits per heavy atom. The van der Waals surface area contributed by atoms with Crippen molar-refractivity contribution in [3.05, 3.63) is 0 Å². The average molecular weight is 270 g/mol. The van der Waals surface area contributed by atoms with E-state index in [2.05, 4.69) is 5.32 Å². The van der Waals surface area contributed by atoms with E-state index in [1.54, 1.807) is 11.9 Å². The molecule has 2 heterocycles. The van der Waals surface area contributed by atoms with Gasteiger partial charge in [-0.3, -0.25) is 14.5 Å². The number of nitrogens with one attached hydrogen (secondary N) is 1. The normalized spacial score (nSPS) is 23.1. The summed E-state index contributed by atoms with van der Waals surface area (Å²) < 4.78 is 0. The van der Waals surface area contributed by atoms with Gasteiger partial charge in [0.1, 0.15) is 6.04 Å². The molecule has 0 spiro atoms. The van der Waals surface area contributed by atoms with Gasteiger partial charge in [0.15, 0.2) is 0 Å². The molecule has 0 aromatic carbocycles. The maximum atomic E-state index is 12.1. The van der Waals surface area contributed by atoms with Gasteiger partial charge in [-0.1, -0.05) is 0 Å². The lowest BCUT2D eigenvalue weighted by molar-refractivity contribution is -0.135. The highest BCUT2D eigenvalue weighted by molar-refractivity contribution is 6.04. The first-order valence-corrected chi connectivity index (χ1v) is 6.25. The first kappa shape index (κ1) is 13.8. The fourth-order valence-corrected chi connectivity index (χ4v) is 2.45. The molecule has 2 rings (SSSR count). The van der Waals surface area contributed by atoms with Crippen LogP contribution in [-0.4, -0.2) is 90.1 Å². The fourth-order valence-electron chi connectivity index (χ4n) is 2.45. The third-order valence-electron chi connectivity index (χ3n) is 3.41. The van der Waals surface area contributed by atoms with E-state index in [0.717, 1.165) is 4.90 Å². The Labute approximate surface area is 110 Å². The zero-order valence-electron chi connectivity index (χ0n) is 10.8. The topological polar surface area (TPSA) is 93.2 Å². The van der Waals surface area contributed by atoms with E-state index in [1.165, 1.54) is 4.90 Å². The van der Waals surface area contributed by atoms with Crippen molar-refractivity contribution in [3.8, 4) is 0 Å². The molecule has 2 saturated heterocycles. The van der Waals surface area contributed by atoms with E-state index in [0.29, 0.717) is 13.1 Å². The highest BCUT2D eigenvalue weighted by Crippen LogP contribution is 2.21. The highest BCUT2D eigenvalue weighted by atomic mass is 16.3. The van der Waals surface area contributed by atoms with Crippen LogP contribution in [0.15, 0.2) is 0 Å². The van der Waals surface area contributed by atoms with Crippen LogP contribution in [-0.2, 0) is 9.59 Å². The second-order valence-electron chi connectivity index (χ2n) is 4.58. The fraction of sp³-hybridized carbons (Fsp3) is 0.727. The Bertz CT molecular complexity index is 400. The zero-order chi connectivity index (χ0) is 14.0. The molecule has 19 heavy (non-hydrogen) atoms. The molecule has 0 bridgehead atoms. The number of imide groups is 1. The number of hydrogen-bond donors (Lipinski definition) is 2. The maximum Gasteiger partial charge on any atom is 0.327 e. The van der Waals surface area contributed by atoms with E-state index in [9.17, 15) is 14.4 Å². The van der Waals surface area contributed by atoms with Crippen molar-refractivity contribution in [2.45, 2.75) is 6.04 Å². The number of piperazine rings is 1. The molecule has 1 atom stereocenters. The quantitative estimate of drug-likeness (QED) is 0.559. The zero-order valence-corrected chi connectivity index (χ0v) is 10.8. The van der Waals surface area contributed by atoms with Gasteiger partial charge in [-0.2, -0.15) is 0 Å². The van der Waals surface area contributed by atoms with Gasteiger partial charge in [0.05, 0.1) is 26.2 Å². The van der Waals surface area contributed by atoms with Crippen molar-refractivity contribution in [2.75, 3.05) is 46.4 Å². The molecule has 8 heteroatoms. The summed E-state index contributed by atoms with van der Waals surface area (Å²) in [4.78, 5) is 39.9. The summed E-state index contributed by atoms with van der Waals surface area (Å²) in [7, 11) is 1.68. The Morgan fingerprint density at radius 1 is 1.42 bits per heavy atom. The molecule has 106 valence electrons. The van der Waals surface area contributed by atoms with E-state index >= 15 is 0 Å².